The van der Waals surface area contributed by atoms with E-state index in [4.69, 9.17) is 0 Å². The van der Waals surface area contributed by atoms with E-state index in [9.17, 15) is 9.59 Å². The van der Waals surface area contributed by atoms with E-state index in [1.165, 1.54) is 22.9 Å². The van der Waals surface area contributed by atoms with Gasteiger partial charge < -0.3 is 10.6 Å². The lowest BCUT2D eigenvalue weighted by molar-refractivity contribution is -0.122. The normalized spacial score (nSPS) is 10.7. The van der Waals surface area contributed by atoms with Crippen LogP contribution in [-0.2, 0) is 9.59 Å². The van der Waals surface area contributed by atoms with Crippen molar-refractivity contribution >= 4 is 29.3 Å². The Morgan fingerprint density at radius 1 is 0.903 bits per heavy atom. The maximum atomic E-state index is 12.3. The number of aromatic nitrogens is 2. The Kier molecular flexibility index (Phi) is 7.17. The van der Waals surface area contributed by atoms with Crippen molar-refractivity contribution in [2.24, 2.45) is 0 Å². The first-order valence-electron chi connectivity index (χ1n) is 10.1. The number of thioether (sulfide) groups is 1. The molecule has 162 valence electrons. The fraction of sp³-hybridized carbons (Fsp3) is 0.292. The maximum Gasteiger partial charge on any atom is 0.243 e. The summed E-state index contributed by atoms with van der Waals surface area (Å²) < 4.78 is 1.97. The van der Waals surface area contributed by atoms with Crippen molar-refractivity contribution < 1.29 is 9.59 Å². The SMILES string of the molecule is Cc1cc(C)cc(-n2ccnc2SCC(=O)NCC(=O)Nc2c(C)cc(C)cc2C)c1. The molecule has 2 amide bonds. The van der Waals surface area contributed by atoms with E-state index < -0.39 is 0 Å². The number of hydrogen-bond donors (Lipinski definition) is 2. The molecule has 7 heteroatoms. The second kappa shape index (κ2) is 9.83. The van der Waals surface area contributed by atoms with Crippen LogP contribution in [0.1, 0.15) is 27.8 Å². The smallest absolute Gasteiger partial charge is 0.243 e. The highest BCUT2D eigenvalue weighted by molar-refractivity contribution is 7.99. The summed E-state index contributed by atoms with van der Waals surface area (Å²) in [7, 11) is 0. The van der Waals surface area contributed by atoms with Gasteiger partial charge in [-0.3, -0.25) is 14.2 Å². The Morgan fingerprint density at radius 2 is 1.52 bits per heavy atom. The number of imidazole rings is 1. The Hall–Kier alpha value is -3.06. The lowest BCUT2D eigenvalue weighted by Crippen LogP contribution is -2.34. The Morgan fingerprint density at radius 3 is 2.16 bits per heavy atom. The average Bonchev–Trinajstić information content (AvgIpc) is 3.15. The molecule has 0 saturated carbocycles. The van der Waals surface area contributed by atoms with E-state index in [0.29, 0.717) is 0 Å². The Bertz CT molecular complexity index is 1080. The Balaban J connectivity index is 1.54. The van der Waals surface area contributed by atoms with Crippen molar-refractivity contribution in [1.29, 1.82) is 0 Å². The number of amides is 2. The number of carbonyl (C=O) groups is 2. The second-order valence-electron chi connectivity index (χ2n) is 7.81. The summed E-state index contributed by atoms with van der Waals surface area (Å²) >= 11 is 1.34. The van der Waals surface area contributed by atoms with Crippen LogP contribution in [0.5, 0.6) is 0 Å². The summed E-state index contributed by atoms with van der Waals surface area (Å²) in [4.78, 5) is 28.9. The van der Waals surface area contributed by atoms with Crippen molar-refractivity contribution in [2.45, 2.75) is 39.8 Å². The number of aryl methyl sites for hydroxylation is 5. The predicted molar refractivity (Wildman–Crippen MR) is 126 cm³/mol. The number of rotatable bonds is 7. The van der Waals surface area contributed by atoms with Gasteiger partial charge >= 0.3 is 0 Å². The van der Waals surface area contributed by atoms with Gasteiger partial charge in [-0.05, 0) is 69.0 Å². The highest BCUT2D eigenvalue weighted by Crippen LogP contribution is 2.23. The molecule has 31 heavy (non-hydrogen) atoms. The van der Waals surface area contributed by atoms with Gasteiger partial charge in [0.1, 0.15) is 0 Å². The number of anilines is 1. The van der Waals surface area contributed by atoms with Crippen LogP contribution >= 0.6 is 11.8 Å². The molecule has 0 fully saturated rings. The third-order valence-corrected chi connectivity index (χ3v) is 5.78. The summed E-state index contributed by atoms with van der Waals surface area (Å²) in [6.45, 7) is 9.98. The molecule has 2 aromatic carbocycles. The highest BCUT2D eigenvalue weighted by atomic mass is 32.2. The number of nitrogens with zero attached hydrogens (tertiary/aromatic N) is 2. The van der Waals surface area contributed by atoms with E-state index in [-0.39, 0.29) is 24.1 Å². The number of nitrogens with one attached hydrogen (secondary N) is 2. The number of hydrogen-bond acceptors (Lipinski definition) is 4. The molecule has 0 unspecified atom stereocenters. The van der Waals surface area contributed by atoms with Gasteiger partial charge in [0, 0.05) is 23.8 Å². The quantitative estimate of drug-likeness (QED) is 0.543. The summed E-state index contributed by atoms with van der Waals surface area (Å²) in [5.41, 5.74) is 7.31. The molecule has 0 radical (unpaired) electrons. The van der Waals surface area contributed by atoms with E-state index in [1.54, 1.807) is 6.20 Å². The number of carbonyl (C=O) groups excluding carboxylic acids is 2. The van der Waals surface area contributed by atoms with Crippen molar-refractivity contribution in [3.8, 4) is 5.69 Å². The van der Waals surface area contributed by atoms with Crippen molar-refractivity contribution in [3.05, 3.63) is 70.5 Å². The molecule has 1 heterocycles. The molecule has 0 spiro atoms. The molecule has 0 aliphatic rings. The van der Waals surface area contributed by atoms with Crippen LogP contribution in [0.4, 0.5) is 5.69 Å². The maximum absolute atomic E-state index is 12.3. The molecule has 0 saturated heterocycles. The molecular formula is C24H28N4O2S. The van der Waals surface area contributed by atoms with Gasteiger partial charge in [0.2, 0.25) is 11.8 Å². The van der Waals surface area contributed by atoms with Crippen LogP contribution in [0, 0.1) is 34.6 Å². The van der Waals surface area contributed by atoms with Crippen LogP contribution in [0.25, 0.3) is 5.69 Å². The van der Waals surface area contributed by atoms with Crippen LogP contribution in [0.2, 0.25) is 0 Å². The van der Waals surface area contributed by atoms with Gasteiger partial charge in [0.05, 0.1) is 12.3 Å². The molecule has 0 aliphatic heterocycles. The van der Waals surface area contributed by atoms with Gasteiger partial charge in [0.15, 0.2) is 5.16 Å². The summed E-state index contributed by atoms with van der Waals surface area (Å²) in [6, 6.07) is 10.3. The fourth-order valence-electron chi connectivity index (χ4n) is 3.60. The molecule has 0 aliphatic carbocycles. The third-order valence-electron chi connectivity index (χ3n) is 4.81. The van der Waals surface area contributed by atoms with E-state index >= 15 is 0 Å². The van der Waals surface area contributed by atoms with Crippen molar-refractivity contribution in [3.63, 3.8) is 0 Å². The lowest BCUT2D eigenvalue weighted by atomic mass is 10.1. The van der Waals surface area contributed by atoms with Gasteiger partial charge in [-0.1, -0.05) is 35.5 Å². The predicted octanol–water partition coefficient (Wildman–Crippen LogP) is 4.26. The topological polar surface area (TPSA) is 76.0 Å². The molecular weight excluding hydrogens is 408 g/mol. The van der Waals surface area contributed by atoms with Gasteiger partial charge in [-0.25, -0.2) is 4.98 Å². The lowest BCUT2D eigenvalue weighted by Gasteiger charge is -2.13. The van der Waals surface area contributed by atoms with Crippen LogP contribution in [0.3, 0.4) is 0 Å². The highest BCUT2D eigenvalue weighted by Gasteiger charge is 2.12. The van der Waals surface area contributed by atoms with E-state index in [2.05, 4.69) is 47.7 Å². The first kappa shape index (κ1) is 22.6. The number of benzene rings is 2. The fourth-order valence-corrected chi connectivity index (χ4v) is 4.41. The molecule has 0 bridgehead atoms. The summed E-state index contributed by atoms with van der Waals surface area (Å²) in [5.74, 6) is -0.282. The van der Waals surface area contributed by atoms with Gasteiger partial charge in [-0.15, -0.1) is 0 Å². The zero-order valence-corrected chi connectivity index (χ0v) is 19.4. The summed E-state index contributed by atoms with van der Waals surface area (Å²) in [5, 5.41) is 6.31. The largest absolute Gasteiger partial charge is 0.346 e. The second-order valence-corrected chi connectivity index (χ2v) is 8.76. The first-order valence-corrected chi connectivity index (χ1v) is 11.1. The molecule has 1 aromatic heterocycles. The van der Waals surface area contributed by atoms with Crippen LogP contribution < -0.4 is 10.6 Å². The molecule has 2 N–H and O–H groups in total. The molecule has 0 atom stereocenters. The van der Waals surface area contributed by atoms with Crippen LogP contribution in [-0.4, -0.2) is 33.7 Å². The summed E-state index contributed by atoms with van der Waals surface area (Å²) in [6.07, 6.45) is 3.60. The van der Waals surface area contributed by atoms with Gasteiger partial charge in [0.25, 0.3) is 0 Å². The molecule has 3 aromatic rings. The van der Waals surface area contributed by atoms with E-state index in [0.717, 1.165) is 33.2 Å². The zero-order chi connectivity index (χ0) is 22.5. The minimum absolute atomic E-state index is 0.0718. The van der Waals surface area contributed by atoms with Gasteiger partial charge in [-0.2, -0.15) is 0 Å². The first-order chi connectivity index (χ1) is 14.7. The van der Waals surface area contributed by atoms with E-state index in [1.807, 2.05) is 43.7 Å². The molecule has 6 nitrogen and oxygen atoms in total. The third kappa shape index (κ3) is 5.98. The van der Waals surface area contributed by atoms with Crippen molar-refractivity contribution in [1.82, 2.24) is 14.9 Å². The zero-order valence-electron chi connectivity index (χ0n) is 18.6. The molecule has 3 rings (SSSR count). The standard InChI is InChI=1S/C24H28N4O2S/c1-15-8-16(2)12-20(11-15)28-7-6-25-24(28)31-14-22(30)26-13-21(29)27-23-18(4)9-17(3)10-19(23)5/h6-12H,13-14H2,1-5H3,(H,26,30)(H,27,29). The Labute approximate surface area is 187 Å². The van der Waals surface area contributed by atoms with Crippen LogP contribution in [0.15, 0.2) is 47.9 Å². The monoisotopic (exact) mass is 436 g/mol. The van der Waals surface area contributed by atoms with Crippen molar-refractivity contribution in [2.75, 3.05) is 17.6 Å². The minimum Gasteiger partial charge on any atom is -0.346 e. The minimum atomic E-state index is -0.245. The average molecular weight is 437 g/mol.